The van der Waals surface area contributed by atoms with Crippen LogP contribution in [0, 0.1) is 0 Å². The zero-order valence-electron chi connectivity index (χ0n) is 10.3. The van der Waals surface area contributed by atoms with E-state index in [4.69, 9.17) is 9.47 Å². The van der Waals surface area contributed by atoms with E-state index in [-0.39, 0.29) is 0 Å². The van der Waals surface area contributed by atoms with Crippen LogP contribution in [0.2, 0.25) is 0 Å². The van der Waals surface area contributed by atoms with E-state index in [1.165, 1.54) is 44.9 Å². The van der Waals surface area contributed by atoms with Crippen molar-refractivity contribution >= 4 is 0 Å². The summed E-state index contributed by atoms with van der Waals surface area (Å²) in [5, 5.41) is 0. The smallest absolute Gasteiger partial charge is 0.0808 e. The van der Waals surface area contributed by atoms with Gasteiger partial charge in [-0.1, -0.05) is 26.7 Å². The number of ether oxygens (including phenoxy) is 2. The van der Waals surface area contributed by atoms with Gasteiger partial charge in [0.1, 0.15) is 0 Å². The highest BCUT2D eigenvalue weighted by molar-refractivity contribution is 4.64. The Bertz CT molecular complexity index is 135. The van der Waals surface area contributed by atoms with Crippen LogP contribution in [0.15, 0.2) is 0 Å². The first kappa shape index (κ1) is 13.0. The Morgan fingerprint density at radius 2 is 1.93 bits per heavy atom. The second kappa shape index (κ2) is 8.12. The van der Waals surface area contributed by atoms with E-state index in [1.807, 2.05) is 0 Å². The van der Waals surface area contributed by atoms with Crippen molar-refractivity contribution in [3.05, 3.63) is 0 Å². The van der Waals surface area contributed by atoms with Gasteiger partial charge < -0.3 is 9.47 Å². The zero-order chi connectivity index (χ0) is 10.9. The molecule has 1 heterocycles. The Morgan fingerprint density at radius 3 is 2.47 bits per heavy atom. The molecule has 0 amide bonds. The maximum atomic E-state index is 5.94. The normalized spacial score (nSPS) is 22.2. The van der Waals surface area contributed by atoms with Crippen molar-refractivity contribution in [1.82, 2.24) is 0 Å². The van der Waals surface area contributed by atoms with E-state index in [0.29, 0.717) is 12.2 Å². The van der Waals surface area contributed by atoms with Crippen molar-refractivity contribution in [2.24, 2.45) is 0 Å². The van der Waals surface area contributed by atoms with Gasteiger partial charge in [0.25, 0.3) is 0 Å². The van der Waals surface area contributed by atoms with Crippen LogP contribution in [-0.2, 0) is 9.47 Å². The quantitative estimate of drug-likeness (QED) is 0.645. The molecule has 2 nitrogen and oxygen atoms in total. The summed E-state index contributed by atoms with van der Waals surface area (Å²) in [4.78, 5) is 0. The fraction of sp³-hybridized carbons (Fsp3) is 1.00. The van der Waals surface area contributed by atoms with Crippen molar-refractivity contribution in [3.8, 4) is 0 Å². The van der Waals surface area contributed by atoms with Crippen molar-refractivity contribution in [3.63, 3.8) is 0 Å². The lowest BCUT2D eigenvalue weighted by Crippen LogP contribution is -2.27. The molecule has 1 aliphatic rings. The van der Waals surface area contributed by atoms with Crippen LogP contribution in [0.3, 0.4) is 0 Å². The van der Waals surface area contributed by atoms with Gasteiger partial charge >= 0.3 is 0 Å². The highest BCUT2D eigenvalue weighted by Gasteiger charge is 2.16. The van der Waals surface area contributed by atoms with Gasteiger partial charge in [-0.2, -0.15) is 0 Å². The van der Waals surface area contributed by atoms with Crippen LogP contribution in [-0.4, -0.2) is 25.4 Å². The minimum atomic E-state index is 0.370. The third-order valence-electron chi connectivity index (χ3n) is 3.01. The average Bonchev–Trinajstić information content (AvgIpc) is 2.28. The van der Waals surface area contributed by atoms with Gasteiger partial charge in [0.2, 0.25) is 0 Å². The number of rotatable bonds is 7. The molecule has 0 bridgehead atoms. The number of hydrogen-bond donors (Lipinski definition) is 0. The first-order valence-electron chi connectivity index (χ1n) is 6.60. The lowest BCUT2D eigenvalue weighted by molar-refractivity contribution is -0.0662. The molecule has 0 aliphatic carbocycles. The van der Waals surface area contributed by atoms with E-state index < -0.39 is 0 Å². The second-order valence-electron chi connectivity index (χ2n) is 4.52. The van der Waals surface area contributed by atoms with Crippen LogP contribution in [0.4, 0.5) is 0 Å². The highest BCUT2D eigenvalue weighted by Crippen LogP contribution is 2.16. The Balaban J connectivity index is 2.13. The lowest BCUT2D eigenvalue weighted by atomic mass is 10.1. The van der Waals surface area contributed by atoms with Crippen LogP contribution in [0.1, 0.15) is 58.8 Å². The van der Waals surface area contributed by atoms with Crippen LogP contribution in [0.25, 0.3) is 0 Å². The molecule has 1 fully saturated rings. The fourth-order valence-corrected chi connectivity index (χ4v) is 2.14. The van der Waals surface area contributed by atoms with E-state index in [2.05, 4.69) is 13.8 Å². The fourth-order valence-electron chi connectivity index (χ4n) is 2.14. The first-order valence-corrected chi connectivity index (χ1v) is 6.60. The summed E-state index contributed by atoms with van der Waals surface area (Å²) < 4.78 is 11.6. The van der Waals surface area contributed by atoms with E-state index in [1.54, 1.807) is 0 Å². The van der Waals surface area contributed by atoms with Crippen molar-refractivity contribution in [2.45, 2.75) is 71.0 Å². The topological polar surface area (TPSA) is 18.5 Å². The maximum Gasteiger partial charge on any atom is 0.0808 e. The Labute approximate surface area is 94.3 Å². The van der Waals surface area contributed by atoms with Crippen LogP contribution >= 0.6 is 0 Å². The minimum absolute atomic E-state index is 0.370. The summed E-state index contributed by atoms with van der Waals surface area (Å²) in [5.41, 5.74) is 0. The molecule has 0 aromatic carbocycles. The van der Waals surface area contributed by atoms with Gasteiger partial charge in [-0.3, -0.25) is 0 Å². The summed E-state index contributed by atoms with van der Waals surface area (Å²) in [5.74, 6) is 0. The van der Waals surface area contributed by atoms with Crippen molar-refractivity contribution < 1.29 is 9.47 Å². The van der Waals surface area contributed by atoms with Gasteiger partial charge in [0, 0.05) is 6.61 Å². The molecule has 0 spiro atoms. The van der Waals surface area contributed by atoms with Crippen molar-refractivity contribution in [1.29, 1.82) is 0 Å². The third-order valence-corrected chi connectivity index (χ3v) is 3.01. The molecule has 1 rings (SSSR count). The van der Waals surface area contributed by atoms with E-state index in [9.17, 15) is 0 Å². The van der Waals surface area contributed by atoms with E-state index >= 15 is 0 Å². The molecule has 1 atom stereocenters. The number of hydrogen-bond acceptors (Lipinski definition) is 2. The first-order chi connectivity index (χ1) is 7.36. The molecule has 1 unspecified atom stereocenters. The summed E-state index contributed by atoms with van der Waals surface area (Å²) in [6.45, 7) is 6.19. The minimum Gasteiger partial charge on any atom is -0.376 e. The highest BCUT2D eigenvalue weighted by atomic mass is 16.5. The second-order valence-corrected chi connectivity index (χ2v) is 4.52. The molecule has 0 aromatic rings. The molecule has 1 saturated heterocycles. The molecular weight excluding hydrogens is 188 g/mol. The third kappa shape index (κ3) is 5.53. The monoisotopic (exact) mass is 214 g/mol. The standard InChI is InChI=1S/C13H26O2/c1-3-7-12(8-4-2)15-11-13-9-5-6-10-14-13/h12-13H,3-11H2,1-2H3. The molecule has 15 heavy (non-hydrogen) atoms. The van der Waals surface area contributed by atoms with Gasteiger partial charge in [-0.15, -0.1) is 0 Å². The van der Waals surface area contributed by atoms with Gasteiger partial charge in [0.15, 0.2) is 0 Å². The lowest BCUT2D eigenvalue weighted by Gasteiger charge is -2.25. The predicted octanol–water partition coefficient (Wildman–Crippen LogP) is 3.54. The molecular formula is C13H26O2. The SMILES string of the molecule is CCCC(CCC)OCC1CCCCO1. The molecule has 0 N–H and O–H groups in total. The summed E-state index contributed by atoms with van der Waals surface area (Å²) in [6.07, 6.45) is 9.38. The van der Waals surface area contributed by atoms with Crippen LogP contribution in [0.5, 0.6) is 0 Å². The molecule has 0 radical (unpaired) electrons. The summed E-state index contributed by atoms with van der Waals surface area (Å²) in [7, 11) is 0. The maximum absolute atomic E-state index is 5.94. The van der Waals surface area contributed by atoms with Gasteiger partial charge in [-0.25, -0.2) is 0 Å². The summed E-state index contributed by atoms with van der Waals surface area (Å²) in [6, 6.07) is 0. The van der Waals surface area contributed by atoms with Crippen LogP contribution < -0.4 is 0 Å². The molecule has 0 aromatic heterocycles. The Hall–Kier alpha value is -0.0800. The van der Waals surface area contributed by atoms with E-state index in [0.717, 1.165) is 13.2 Å². The molecule has 1 aliphatic heterocycles. The van der Waals surface area contributed by atoms with Gasteiger partial charge in [0.05, 0.1) is 18.8 Å². The predicted molar refractivity (Wildman–Crippen MR) is 63.1 cm³/mol. The Kier molecular flexibility index (Phi) is 7.03. The zero-order valence-corrected chi connectivity index (χ0v) is 10.3. The molecule has 0 saturated carbocycles. The Morgan fingerprint density at radius 1 is 1.20 bits per heavy atom. The molecule has 90 valence electrons. The van der Waals surface area contributed by atoms with Gasteiger partial charge in [-0.05, 0) is 32.1 Å². The summed E-state index contributed by atoms with van der Waals surface area (Å²) >= 11 is 0. The van der Waals surface area contributed by atoms with Crippen molar-refractivity contribution in [2.75, 3.05) is 13.2 Å². The molecule has 2 heteroatoms. The largest absolute Gasteiger partial charge is 0.376 e. The average molecular weight is 214 g/mol.